The molecule has 0 unspecified atom stereocenters. The van der Waals surface area contributed by atoms with Crippen molar-refractivity contribution >= 4 is 65.0 Å². The molecule has 0 saturated carbocycles. The Morgan fingerprint density at radius 2 is 1.56 bits per heavy atom. The molecule has 0 aliphatic carbocycles. The zero-order chi connectivity index (χ0) is 48.0. The first-order valence-corrected chi connectivity index (χ1v) is 20.7. The lowest BCUT2D eigenvalue weighted by Gasteiger charge is -2.26. The summed E-state index contributed by atoms with van der Waals surface area (Å²) < 4.78 is 21.9. The van der Waals surface area contributed by atoms with Crippen molar-refractivity contribution in [2.45, 2.75) is 58.4 Å². The maximum Gasteiger partial charge on any atom is 0.415 e. The number of methoxy groups -OCH3 is 1. The van der Waals surface area contributed by atoms with E-state index in [0.717, 1.165) is 5.56 Å². The largest absolute Gasteiger partial charge is 0.488 e. The number of hydrogen-bond donors (Lipinski definition) is 4. The summed E-state index contributed by atoms with van der Waals surface area (Å²) in [6.07, 6.45) is 1.17. The molecular weight excluding hydrogens is 855 g/mol. The fourth-order valence-corrected chi connectivity index (χ4v) is 6.07. The monoisotopic (exact) mass is 907 g/mol. The lowest BCUT2D eigenvalue weighted by molar-refractivity contribution is -0.143. The molecule has 21 heteroatoms. The number of rotatable bonds is 19. The average Bonchev–Trinajstić information content (AvgIpc) is 3.29. The van der Waals surface area contributed by atoms with Gasteiger partial charge in [0.05, 0.1) is 31.1 Å². The van der Waals surface area contributed by atoms with E-state index < -0.39 is 41.6 Å². The first kappa shape index (κ1) is 48.9. The van der Waals surface area contributed by atoms with E-state index in [0.29, 0.717) is 17.8 Å². The van der Waals surface area contributed by atoms with Crippen LogP contribution in [-0.4, -0.2) is 119 Å². The van der Waals surface area contributed by atoms with Crippen molar-refractivity contribution in [1.82, 2.24) is 40.4 Å². The molecule has 0 fully saturated rings. The first-order valence-electron chi connectivity index (χ1n) is 20.7. The minimum atomic E-state index is -1.06. The van der Waals surface area contributed by atoms with E-state index >= 15 is 0 Å². The van der Waals surface area contributed by atoms with Gasteiger partial charge >= 0.3 is 18.2 Å². The van der Waals surface area contributed by atoms with Crippen LogP contribution in [0.25, 0.3) is 11.2 Å². The first-order chi connectivity index (χ1) is 31.4. The van der Waals surface area contributed by atoms with Crippen molar-refractivity contribution in [3.05, 3.63) is 101 Å². The number of benzene rings is 3. The molecule has 5 amide bonds. The van der Waals surface area contributed by atoms with E-state index in [4.69, 9.17) is 30.4 Å². The molecule has 0 aliphatic heterocycles. The van der Waals surface area contributed by atoms with Gasteiger partial charge in [0.15, 0.2) is 17.0 Å². The minimum Gasteiger partial charge on any atom is -0.488 e. The highest BCUT2D eigenvalue weighted by atomic mass is 16.6. The zero-order valence-electron chi connectivity index (χ0n) is 37.5. The van der Waals surface area contributed by atoms with Crippen molar-refractivity contribution in [2.24, 2.45) is 0 Å². The number of anilines is 3. The maximum atomic E-state index is 13.5. The number of carbonyl (C=O) groups excluding carboxylic acids is 6. The van der Waals surface area contributed by atoms with E-state index in [1.807, 2.05) is 30.3 Å². The second kappa shape index (κ2) is 22.5. The number of nitrogens with two attached hydrogens (primary N) is 2. The molecule has 1 atom stereocenters. The minimum absolute atomic E-state index is 0.0165. The van der Waals surface area contributed by atoms with Crippen LogP contribution in [0.4, 0.5) is 27.0 Å². The molecule has 5 rings (SSSR count). The Morgan fingerprint density at radius 1 is 0.864 bits per heavy atom. The van der Waals surface area contributed by atoms with Gasteiger partial charge in [-0.3, -0.25) is 14.4 Å². The van der Waals surface area contributed by atoms with Crippen LogP contribution in [0.2, 0.25) is 0 Å². The van der Waals surface area contributed by atoms with E-state index in [1.54, 1.807) is 40.0 Å². The summed E-state index contributed by atoms with van der Waals surface area (Å²) >= 11 is 0. The zero-order valence-corrected chi connectivity index (χ0v) is 37.5. The van der Waals surface area contributed by atoms with Crippen LogP contribution in [0, 0.1) is 0 Å². The number of fused-ring (bicyclic) bond motifs is 1. The maximum absolute atomic E-state index is 13.5. The van der Waals surface area contributed by atoms with Crippen LogP contribution in [-0.2, 0) is 32.2 Å². The topological polar surface area (TPSA) is 277 Å². The summed E-state index contributed by atoms with van der Waals surface area (Å²) in [5, 5.41) is 5.50. The molecule has 0 aliphatic rings. The predicted octanol–water partition coefficient (Wildman–Crippen LogP) is 4.11. The van der Waals surface area contributed by atoms with E-state index in [1.165, 1.54) is 65.4 Å². The van der Waals surface area contributed by atoms with Gasteiger partial charge in [-0.25, -0.2) is 24.4 Å². The molecule has 348 valence electrons. The third-order valence-electron chi connectivity index (χ3n) is 9.60. The third kappa shape index (κ3) is 13.9. The van der Waals surface area contributed by atoms with Crippen molar-refractivity contribution in [3.8, 4) is 11.5 Å². The van der Waals surface area contributed by atoms with E-state index in [9.17, 15) is 28.8 Å². The van der Waals surface area contributed by atoms with Gasteiger partial charge in [0.2, 0.25) is 12.4 Å². The molecule has 0 spiro atoms. The molecule has 0 bridgehead atoms. The highest BCUT2D eigenvalue weighted by Gasteiger charge is 2.24. The molecule has 0 saturated heterocycles. The van der Waals surface area contributed by atoms with E-state index in [2.05, 4.69) is 30.6 Å². The molecule has 2 aromatic heterocycles. The summed E-state index contributed by atoms with van der Waals surface area (Å²) in [6.45, 7) is 5.85. The molecule has 5 aromatic rings. The molecule has 2 heterocycles. The van der Waals surface area contributed by atoms with Gasteiger partial charge in [-0.15, -0.1) is 0 Å². The highest BCUT2D eigenvalue weighted by molar-refractivity contribution is 5.98. The Balaban J connectivity index is 1.17. The number of esters is 1. The SMILES string of the molecule is COC(=O)[C@H](CCCNC(=O)c1ccc(OC(=O)N(C)CCN(C)C(=O)OC(C)(C)C)cc1OCc1ccccc1)NC(=O)c1ccc(N(C=O)Cc2cnc3nc(N)nc(N)c3n2)cc1. The van der Waals surface area contributed by atoms with Gasteiger partial charge in [0, 0.05) is 51.0 Å². The normalized spacial score (nSPS) is 11.4. The fraction of sp³-hybridized carbons (Fsp3) is 0.333. The standard InChI is InChI=1S/C45H53N11O10/c1-45(2,3)66-44(62)55(5)22-21-54(4)43(61)65-32-18-19-33(35(23-32)64-26-28-11-8-7-9-12-28)40(59)48-20-10-13-34(41(60)63-6)51-39(58)29-14-16-31(17-15-29)56(27-57)25-30-24-49-38-36(50-30)37(46)52-42(47)53-38/h7-9,11-12,14-19,23-24,27,34H,10,13,20-22,25-26H2,1-6H3,(H,48,59)(H,51,58)(H4,46,47,49,52,53)/t34-/m0/s1. The number of nitrogens with one attached hydrogen (secondary N) is 2. The molecule has 3 aromatic carbocycles. The van der Waals surface area contributed by atoms with Crippen molar-refractivity contribution in [2.75, 3.05) is 57.2 Å². The Hall–Kier alpha value is -8.10. The Morgan fingerprint density at radius 3 is 2.23 bits per heavy atom. The fourth-order valence-electron chi connectivity index (χ4n) is 6.07. The van der Waals surface area contributed by atoms with Crippen LogP contribution in [0.1, 0.15) is 65.6 Å². The predicted molar refractivity (Wildman–Crippen MR) is 242 cm³/mol. The average molecular weight is 908 g/mol. The number of aromatic nitrogens is 4. The van der Waals surface area contributed by atoms with Crippen molar-refractivity contribution < 1.29 is 47.7 Å². The summed E-state index contributed by atoms with van der Waals surface area (Å²) in [5.41, 5.74) is 13.4. The Labute approximate surface area is 380 Å². The molecule has 66 heavy (non-hydrogen) atoms. The number of ether oxygens (including phenoxy) is 4. The number of nitrogens with zero attached hydrogens (tertiary/aromatic N) is 7. The van der Waals surface area contributed by atoms with Gasteiger partial charge in [-0.1, -0.05) is 30.3 Å². The Kier molecular flexibility index (Phi) is 16.7. The smallest absolute Gasteiger partial charge is 0.415 e. The van der Waals surface area contributed by atoms with Crippen LogP contribution < -0.4 is 36.5 Å². The van der Waals surface area contributed by atoms with Crippen molar-refractivity contribution in [1.29, 1.82) is 0 Å². The van der Waals surface area contributed by atoms with Gasteiger partial charge in [-0.2, -0.15) is 9.97 Å². The second-order valence-corrected chi connectivity index (χ2v) is 15.9. The second-order valence-electron chi connectivity index (χ2n) is 15.9. The summed E-state index contributed by atoms with van der Waals surface area (Å²) in [5.74, 6) is -1.51. The lowest BCUT2D eigenvalue weighted by atomic mass is 10.1. The van der Waals surface area contributed by atoms with Gasteiger partial charge in [0.1, 0.15) is 29.7 Å². The summed E-state index contributed by atoms with van der Waals surface area (Å²) in [6, 6.07) is 18.7. The lowest BCUT2D eigenvalue weighted by Crippen LogP contribution is -2.42. The van der Waals surface area contributed by atoms with Crippen LogP contribution in [0.15, 0.2) is 79.0 Å². The summed E-state index contributed by atoms with van der Waals surface area (Å²) in [7, 11) is 4.29. The number of nitrogen functional groups attached to an aromatic ring is 2. The summed E-state index contributed by atoms with van der Waals surface area (Å²) in [4.78, 5) is 97.5. The molecule has 0 radical (unpaired) electrons. The number of hydrogen-bond acceptors (Lipinski definition) is 16. The van der Waals surface area contributed by atoms with Crippen LogP contribution in [0.3, 0.4) is 0 Å². The number of amides is 5. The van der Waals surface area contributed by atoms with Crippen LogP contribution >= 0.6 is 0 Å². The van der Waals surface area contributed by atoms with Gasteiger partial charge < -0.3 is 55.7 Å². The number of carbonyl (C=O) groups is 6. The molecular formula is C45H53N11O10. The van der Waals surface area contributed by atoms with E-state index in [-0.39, 0.29) is 91.2 Å². The van der Waals surface area contributed by atoms with Crippen LogP contribution in [0.5, 0.6) is 11.5 Å². The highest BCUT2D eigenvalue weighted by Crippen LogP contribution is 2.27. The van der Waals surface area contributed by atoms with Crippen molar-refractivity contribution in [3.63, 3.8) is 0 Å². The third-order valence-corrected chi connectivity index (χ3v) is 9.60. The number of likely N-dealkylation sites (N-methyl/N-ethyl adjacent to an activating group) is 2. The van der Waals surface area contributed by atoms with Gasteiger partial charge in [-0.05, 0) is 75.6 Å². The van der Waals surface area contributed by atoms with Gasteiger partial charge in [0.25, 0.3) is 11.8 Å². The molecule has 6 N–H and O–H groups in total. The Bertz CT molecular complexity index is 2520. The quantitative estimate of drug-likeness (QED) is 0.0516. The molecule has 21 nitrogen and oxygen atoms in total.